The summed E-state index contributed by atoms with van der Waals surface area (Å²) in [4.78, 5) is 2.17. The first-order valence-corrected chi connectivity index (χ1v) is 6.36. The van der Waals surface area contributed by atoms with Crippen molar-refractivity contribution in [3.8, 4) is 0 Å². The van der Waals surface area contributed by atoms with Gasteiger partial charge in [-0.25, -0.2) is 0 Å². The largest absolute Gasteiger partial charge is 1.00 e. The summed E-state index contributed by atoms with van der Waals surface area (Å²) < 4.78 is 0. The van der Waals surface area contributed by atoms with Crippen molar-refractivity contribution < 1.29 is 20.3 Å². The van der Waals surface area contributed by atoms with Gasteiger partial charge in [-0.15, -0.1) is 0 Å². The van der Waals surface area contributed by atoms with Crippen LogP contribution in [0.5, 0.6) is 0 Å². The first-order valence-electron chi connectivity index (χ1n) is 5.36. The second-order valence-electron chi connectivity index (χ2n) is 3.90. The number of hydrogen-bond donors (Lipinski definition) is 0. The number of nitrogens with zero attached hydrogens (tertiary/aromatic N) is 1. The van der Waals surface area contributed by atoms with Gasteiger partial charge in [0.25, 0.3) is 0 Å². The summed E-state index contributed by atoms with van der Waals surface area (Å²) in [6, 6.07) is 19.2. The molecule has 1 unspecified atom stereocenters. The van der Waals surface area contributed by atoms with Gasteiger partial charge in [0.1, 0.15) is 0 Å². The SMILES string of the molecule is CN(C)c1ccccc1Pc1ccccc1.[H-].[Li+]. The van der Waals surface area contributed by atoms with E-state index >= 15 is 0 Å². The van der Waals surface area contributed by atoms with Crippen LogP contribution in [0.25, 0.3) is 0 Å². The summed E-state index contributed by atoms with van der Waals surface area (Å²) in [5.74, 6) is 0. The molecule has 2 aromatic carbocycles. The molecule has 0 fully saturated rings. The number of para-hydroxylation sites is 1. The van der Waals surface area contributed by atoms with E-state index in [0.29, 0.717) is 0 Å². The molecule has 0 spiro atoms. The van der Waals surface area contributed by atoms with E-state index in [1.807, 2.05) is 0 Å². The van der Waals surface area contributed by atoms with Gasteiger partial charge in [0, 0.05) is 25.1 Å². The molecule has 0 aliphatic heterocycles. The first kappa shape index (κ1) is 14.3. The molecule has 0 aromatic heterocycles. The van der Waals surface area contributed by atoms with Gasteiger partial charge in [0.15, 0.2) is 0 Å². The molecule has 0 saturated carbocycles. The molecule has 2 aromatic rings. The molecule has 2 rings (SSSR count). The topological polar surface area (TPSA) is 3.24 Å². The Kier molecular flexibility index (Phi) is 5.79. The Morgan fingerprint density at radius 3 is 2.12 bits per heavy atom. The van der Waals surface area contributed by atoms with Crippen molar-refractivity contribution in [3.63, 3.8) is 0 Å². The van der Waals surface area contributed by atoms with Gasteiger partial charge >= 0.3 is 18.9 Å². The van der Waals surface area contributed by atoms with Crippen molar-refractivity contribution in [1.29, 1.82) is 0 Å². The van der Waals surface area contributed by atoms with Crippen LogP contribution in [0.3, 0.4) is 0 Å². The average Bonchev–Trinajstić information content (AvgIpc) is 2.31. The van der Waals surface area contributed by atoms with Crippen LogP contribution in [-0.4, -0.2) is 14.1 Å². The van der Waals surface area contributed by atoms with Crippen LogP contribution in [0.2, 0.25) is 0 Å². The van der Waals surface area contributed by atoms with Gasteiger partial charge in [-0.3, -0.25) is 0 Å². The molecule has 0 N–H and O–H groups in total. The van der Waals surface area contributed by atoms with Crippen molar-refractivity contribution in [2.45, 2.75) is 0 Å². The van der Waals surface area contributed by atoms with E-state index in [2.05, 4.69) is 73.6 Å². The molecule has 1 nitrogen and oxygen atoms in total. The Hall–Kier alpha value is -0.733. The molecule has 84 valence electrons. The molecule has 1 atom stereocenters. The van der Waals surface area contributed by atoms with Crippen LogP contribution in [0.15, 0.2) is 54.6 Å². The van der Waals surface area contributed by atoms with Gasteiger partial charge in [0.05, 0.1) is 0 Å². The van der Waals surface area contributed by atoms with Crippen LogP contribution in [-0.2, 0) is 0 Å². The predicted octanol–water partition coefficient (Wildman–Crippen LogP) is -0.502. The monoisotopic (exact) mass is 237 g/mol. The van der Waals surface area contributed by atoms with Crippen molar-refractivity contribution in [1.82, 2.24) is 0 Å². The Morgan fingerprint density at radius 1 is 0.882 bits per heavy atom. The van der Waals surface area contributed by atoms with Crippen molar-refractivity contribution in [3.05, 3.63) is 54.6 Å². The predicted molar refractivity (Wildman–Crippen MR) is 75.9 cm³/mol. The minimum Gasteiger partial charge on any atom is -1.00 e. The summed E-state index contributed by atoms with van der Waals surface area (Å²) >= 11 is 0. The van der Waals surface area contributed by atoms with Crippen LogP contribution < -0.4 is 34.4 Å². The maximum absolute atomic E-state index is 2.21. The first-order chi connectivity index (χ1) is 7.77. The standard InChI is InChI=1S/C14H16NP.Li.H/c1-15(2)13-10-6-7-11-14(13)16-12-8-4-3-5-9-12;;/h3-11,16H,1-2H3;;/q;+1;-1. The number of anilines is 1. The van der Waals surface area contributed by atoms with E-state index in [0.717, 1.165) is 8.58 Å². The number of rotatable bonds is 3. The molecular formula is C14H17LiNP. The van der Waals surface area contributed by atoms with Crippen molar-refractivity contribution in [2.24, 2.45) is 0 Å². The van der Waals surface area contributed by atoms with Gasteiger partial charge in [-0.2, -0.15) is 0 Å². The Morgan fingerprint density at radius 2 is 1.47 bits per heavy atom. The third-order valence-electron chi connectivity index (χ3n) is 2.44. The molecule has 0 saturated heterocycles. The van der Waals surface area contributed by atoms with Crippen molar-refractivity contribution >= 4 is 24.9 Å². The quantitative estimate of drug-likeness (QED) is 0.514. The van der Waals surface area contributed by atoms with E-state index < -0.39 is 0 Å². The Labute approximate surface area is 119 Å². The molecule has 0 radical (unpaired) electrons. The van der Waals surface area contributed by atoms with Crippen LogP contribution in [0.4, 0.5) is 5.69 Å². The number of hydrogen-bond acceptors (Lipinski definition) is 1. The zero-order chi connectivity index (χ0) is 11.4. The summed E-state index contributed by atoms with van der Waals surface area (Å²) in [6.07, 6.45) is 0. The maximum Gasteiger partial charge on any atom is 1.00 e. The Bertz CT molecular complexity index is 462. The minimum atomic E-state index is 0. The zero-order valence-electron chi connectivity index (χ0n) is 11.6. The average molecular weight is 237 g/mol. The van der Waals surface area contributed by atoms with E-state index in [1.54, 1.807) is 0 Å². The summed E-state index contributed by atoms with van der Waals surface area (Å²) in [6.45, 7) is 0. The fraction of sp³-hybridized carbons (Fsp3) is 0.143. The summed E-state index contributed by atoms with van der Waals surface area (Å²) in [5, 5.41) is 2.79. The number of benzene rings is 2. The molecule has 0 aliphatic rings. The molecule has 0 heterocycles. The zero-order valence-corrected chi connectivity index (χ0v) is 11.6. The van der Waals surface area contributed by atoms with Gasteiger partial charge < -0.3 is 6.33 Å². The normalized spacial score (nSPS) is 10.2. The Balaban J connectivity index is 0.00000144. The van der Waals surface area contributed by atoms with Crippen molar-refractivity contribution in [2.75, 3.05) is 19.0 Å². The maximum atomic E-state index is 2.21. The fourth-order valence-corrected chi connectivity index (χ4v) is 2.93. The molecule has 17 heavy (non-hydrogen) atoms. The third-order valence-corrected chi connectivity index (χ3v) is 3.75. The van der Waals surface area contributed by atoms with Crippen LogP contribution in [0, 0.1) is 0 Å². The van der Waals surface area contributed by atoms with E-state index in [-0.39, 0.29) is 20.3 Å². The molecule has 0 aliphatic carbocycles. The summed E-state index contributed by atoms with van der Waals surface area (Å²) in [5.41, 5.74) is 1.31. The second kappa shape index (κ2) is 6.87. The smallest absolute Gasteiger partial charge is 1.00 e. The second-order valence-corrected chi connectivity index (χ2v) is 5.27. The fourth-order valence-electron chi connectivity index (χ4n) is 1.65. The van der Waals surface area contributed by atoms with E-state index in [1.165, 1.54) is 16.3 Å². The molecule has 3 heteroatoms. The van der Waals surface area contributed by atoms with Gasteiger partial charge in [0.2, 0.25) is 0 Å². The van der Waals surface area contributed by atoms with Crippen LogP contribution >= 0.6 is 8.58 Å². The third kappa shape index (κ3) is 3.89. The molecular weight excluding hydrogens is 220 g/mol. The minimum absolute atomic E-state index is 0. The van der Waals surface area contributed by atoms with E-state index in [9.17, 15) is 0 Å². The van der Waals surface area contributed by atoms with Gasteiger partial charge in [-0.05, 0) is 11.4 Å². The van der Waals surface area contributed by atoms with Gasteiger partial charge in [-0.1, -0.05) is 57.1 Å². The van der Waals surface area contributed by atoms with E-state index in [4.69, 9.17) is 0 Å². The molecule has 0 amide bonds. The molecule has 0 bridgehead atoms. The van der Waals surface area contributed by atoms with Crippen LogP contribution in [0.1, 0.15) is 1.43 Å². The summed E-state index contributed by atoms with van der Waals surface area (Å²) in [7, 11) is 4.91.